The molecule has 104 valence electrons. The normalized spacial score (nSPS) is 13.1. The summed E-state index contributed by atoms with van der Waals surface area (Å²) in [4.78, 5) is 22.9. The van der Waals surface area contributed by atoms with Gasteiger partial charge in [0.25, 0.3) is 0 Å². The van der Waals surface area contributed by atoms with Gasteiger partial charge in [-0.1, -0.05) is 62.9 Å². The maximum absolute atomic E-state index is 12.0. The van der Waals surface area contributed by atoms with Crippen molar-refractivity contribution in [1.29, 1.82) is 0 Å². The number of ketones is 1. The fraction of sp³-hybridized carbons (Fsp3) is 0.500. The van der Waals surface area contributed by atoms with Gasteiger partial charge in [0.2, 0.25) is 0 Å². The van der Waals surface area contributed by atoms with Crippen LogP contribution in [0.5, 0.6) is 0 Å². The minimum Gasteiger partial charge on any atom is -0.542 e. The third kappa shape index (κ3) is 5.04. The average molecular weight is 284 g/mol. The second-order valence-corrected chi connectivity index (χ2v) is 5.13. The first-order valence-corrected chi connectivity index (χ1v) is 6.83. The molecule has 0 radical (unpaired) electrons. The monoisotopic (exact) mass is 284 g/mol. The van der Waals surface area contributed by atoms with E-state index in [0.29, 0.717) is 6.42 Å². The topological polar surface area (TPSA) is 57.2 Å². The molecular formula is C16H21NaO3. The quantitative estimate of drug-likeness (QED) is 0.358. The van der Waals surface area contributed by atoms with E-state index in [4.69, 9.17) is 0 Å². The molecule has 0 fully saturated rings. The van der Waals surface area contributed by atoms with E-state index in [1.165, 1.54) is 0 Å². The van der Waals surface area contributed by atoms with Crippen LogP contribution in [-0.2, 0) is 15.0 Å². The Hall–Kier alpha value is -0.640. The molecule has 1 rings (SSSR count). The minimum atomic E-state index is -1.60. The zero-order valence-corrected chi connectivity index (χ0v) is 14.6. The van der Waals surface area contributed by atoms with E-state index in [9.17, 15) is 14.7 Å². The maximum atomic E-state index is 12.0. The zero-order chi connectivity index (χ0) is 14.3. The SMILES string of the molecule is CCCCCCC(C)(C(=O)C(=O)[O-])c1ccccc1.[Na+]. The standard InChI is InChI=1S/C16H22O3.Na/c1-3-4-5-9-12-16(2,14(17)15(18)19)13-10-7-6-8-11-13;/h6-8,10-11H,3-5,9,12H2,1-2H3,(H,18,19);/q;+1/p-1. The molecule has 0 aromatic heterocycles. The van der Waals surface area contributed by atoms with Gasteiger partial charge in [0.15, 0.2) is 5.78 Å². The van der Waals surface area contributed by atoms with Crippen molar-refractivity contribution in [3.8, 4) is 0 Å². The molecule has 0 aliphatic rings. The van der Waals surface area contributed by atoms with E-state index >= 15 is 0 Å². The number of benzene rings is 1. The van der Waals surface area contributed by atoms with Crippen LogP contribution in [0, 0.1) is 0 Å². The summed E-state index contributed by atoms with van der Waals surface area (Å²) in [6.07, 6.45) is 4.61. The van der Waals surface area contributed by atoms with Crippen LogP contribution in [0.25, 0.3) is 0 Å². The zero-order valence-electron chi connectivity index (χ0n) is 12.6. The summed E-state index contributed by atoms with van der Waals surface area (Å²) < 4.78 is 0. The molecule has 0 heterocycles. The van der Waals surface area contributed by atoms with Gasteiger partial charge in [0.1, 0.15) is 5.97 Å². The molecule has 1 unspecified atom stereocenters. The molecule has 0 aliphatic carbocycles. The van der Waals surface area contributed by atoms with Gasteiger partial charge in [-0.3, -0.25) is 4.79 Å². The summed E-state index contributed by atoms with van der Waals surface area (Å²) in [5.41, 5.74) is -0.228. The van der Waals surface area contributed by atoms with Crippen LogP contribution in [0.2, 0.25) is 0 Å². The Morgan fingerprint density at radius 3 is 2.20 bits per heavy atom. The Labute approximate surface area is 143 Å². The smallest absolute Gasteiger partial charge is 0.542 e. The molecule has 0 N–H and O–H groups in total. The van der Waals surface area contributed by atoms with Crippen LogP contribution in [-0.4, -0.2) is 11.8 Å². The van der Waals surface area contributed by atoms with Crippen LogP contribution < -0.4 is 34.7 Å². The molecule has 0 aliphatic heterocycles. The summed E-state index contributed by atoms with van der Waals surface area (Å²) in [7, 11) is 0. The summed E-state index contributed by atoms with van der Waals surface area (Å²) in [5, 5.41) is 10.9. The number of unbranched alkanes of at least 4 members (excludes halogenated alkanes) is 3. The van der Waals surface area contributed by atoms with Crippen LogP contribution >= 0.6 is 0 Å². The van der Waals surface area contributed by atoms with Gasteiger partial charge in [-0.25, -0.2) is 0 Å². The van der Waals surface area contributed by atoms with Gasteiger partial charge in [-0.15, -0.1) is 0 Å². The Kier molecular flexibility index (Phi) is 9.03. The van der Waals surface area contributed by atoms with E-state index in [1.54, 1.807) is 19.1 Å². The van der Waals surface area contributed by atoms with Crippen molar-refractivity contribution in [1.82, 2.24) is 0 Å². The third-order valence-corrected chi connectivity index (χ3v) is 3.63. The van der Waals surface area contributed by atoms with E-state index in [-0.39, 0.29) is 29.6 Å². The molecule has 0 saturated heterocycles. The van der Waals surface area contributed by atoms with Gasteiger partial charge in [0, 0.05) is 0 Å². The second-order valence-electron chi connectivity index (χ2n) is 5.13. The predicted molar refractivity (Wildman–Crippen MR) is 72.6 cm³/mol. The first kappa shape index (κ1) is 19.4. The van der Waals surface area contributed by atoms with Gasteiger partial charge in [-0.05, 0) is 18.9 Å². The first-order valence-electron chi connectivity index (χ1n) is 6.83. The van der Waals surface area contributed by atoms with Gasteiger partial charge in [0.05, 0.1) is 5.41 Å². The second kappa shape index (κ2) is 9.32. The molecule has 1 aromatic carbocycles. The van der Waals surface area contributed by atoms with Gasteiger partial charge < -0.3 is 9.90 Å². The number of carbonyl (C=O) groups excluding carboxylic acids is 2. The maximum Gasteiger partial charge on any atom is 1.00 e. The molecule has 1 atom stereocenters. The van der Waals surface area contributed by atoms with Crippen molar-refractivity contribution in [2.24, 2.45) is 0 Å². The van der Waals surface area contributed by atoms with Crippen molar-refractivity contribution in [2.45, 2.75) is 51.4 Å². The number of carboxylic acids is 1. The van der Waals surface area contributed by atoms with Crippen molar-refractivity contribution < 1.29 is 44.3 Å². The number of rotatable bonds is 8. The van der Waals surface area contributed by atoms with Crippen molar-refractivity contribution in [3.63, 3.8) is 0 Å². The van der Waals surface area contributed by atoms with Crippen LogP contribution in [0.3, 0.4) is 0 Å². The van der Waals surface area contributed by atoms with E-state index in [2.05, 4.69) is 6.92 Å². The summed E-state index contributed by atoms with van der Waals surface area (Å²) in [6, 6.07) is 9.11. The number of carboxylic acid groups (broad SMARTS) is 1. The van der Waals surface area contributed by atoms with E-state index < -0.39 is 17.2 Å². The summed E-state index contributed by atoms with van der Waals surface area (Å²) >= 11 is 0. The Balaban J connectivity index is 0.00000361. The van der Waals surface area contributed by atoms with Crippen LogP contribution in [0.15, 0.2) is 30.3 Å². The fourth-order valence-electron chi connectivity index (χ4n) is 2.33. The van der Waals surface area contributed by atoms with Crippen molar-refractivity contribution in [3.05, 3.63) is 35.9 Å². The Morgan fingerprint density at radius 1 is 1.10 bits per heavy atom. The van der Waals surface area contributed by atoms with E-state index in [1.807, 2.05) is 18.2 Å². The summed E-state index contributed by atoms with van der Waals surface area (Å²) in [5.74, 6) is -2.42. The fourth-order valence-corrected chi connectivity index (χ4v) is 2.33. The molecule has 1 aromatic rings. The summed E-state index contributed by atoms with van der Waals surface area (Å²) in [6.45, 7) is 3.81. The minimum absolute atomic E-state index is 0. The Morgan fingerprint density at radius 2 is 1.70 bits per heavy atom. The molecule has 0 saturated carbocycles. The molecule has 4 heteroatoms. The molecule has 3 nitrogen and oxygen atoms in total. The van der Waals surface area contributed by atoms with Gasteiger partial charge >= 0.3 is 29.6 Å². The van der Waals surface area contributed by atoms with Crippen molar-refractivity contribution >= 4 is 11.8 Å². The molecular weight excluding hydrogens is 263 g/mol. The Bertz CT molecular complexity index is 431. The number of hydrogen-bond donors (Lipinski definition) is 0. The van der Waals surface area contributed by atoms with Crippen LogP contribution in [0.4, 0.5) is 0 Å². The number of hydrogen-bond acceptors (Lipinski definition) is 3. The molecule has 0 bridgehead atoms. The molecule has 0 spiro atoms. The largest absolute Gasteiger partial charge is 1.00 e. The predicted octanol–water partition coefficient (Wildman–Crippen LogP) is -0.762. The molecule has 0 amide bonds. The van der Waals surface area contributed by atoms with Crippen molar-refractivity contribution in [2.75, 3.05) is 0 Å². The van der Waals surface area contributed by atoms with E-state index in [0.717, 1.165) is 31.2 Å². The first-order chi connectivity index (χ1) is 9.02. The van der Waals surface area contributed by atoms with Crippen LogP contribution in [0.1, 0.15) is 51.5 Å². The van der Waals surface area contributed by atoms with Gasteiger partial charge in [-0.2, -0.15) is 0 Å². The average Bonchev–Trinajstić information content (AvgIpc) is 2.43. The number of aliphatic carboxylic acids is 1. The third-order valence-electron chi connectivity index (χ3n) is 3.63. The number of carbonyl (C=O) groups is 2. The number of Topliss-reactive ketones (excluding diaryl/α,β-unsaturated/α-hetero) is 1. The molecule has 20 heavy (non-hydrogen) atoms.